The first kappa shape index (κ1) is 9.56. The Labute approximate surface area is 81.3 Å². The van der Waals surface area contributed by atoms with Gasteiger partial charge in [-0.05, 0) is 24.1 Å². The third-order valence-corrected chi connectivity index (χ3v) is 2.23. The Bertz CT molecular complexity index is 308. The van der Waals surface area contributed by atoms with E-state index in [0.717, 1.165) is 18.3 Å². The summed E-state index contributed by atoms with van der Waals surface area (Å²) in [6, 6.07) is 3.27. The molecule has 1 rings (SSSR count). The van der Waals surface area contributed by atoms with Gasteiger partial charge < -0.3 is 0 Å². The molecular formula is C9H8Cl2O. The molecule has 1 aromatic rings. The van der Waals surface area contributed by atoms with E-state index in [2.05, 4.69) is 0 Å². The third kappa shape index (κ3) is 1.79. The summed E-state index contributed by atoms with van der Waals surface area (Å²) >= 11 is 11.6. The second kappa shape index (κ2) is 3.92. The number of carbonyl (C=O) groups is 1. The molecule has 1 aromatic carbocycles. The number of carbonyl (C=O) groups excluding carboxylic acids is 1. The van der Waals surface area contributed by atoms with Crippen LogP contribution >= 0.6 is 23.2 Å². The summed E-state index contributed by atoms with van der Waals surface area (Å²) in [6.07, 6.45) is 1.51. The van der Waals surface area contributed by atoms with Gasteiger partial charge in [0.05, 0.1) is 0 Å². The molecule has 0 saturated heterocycles. The Morgan fingerprint density at radius 2 is 2.08 bits per heavy atom. The lowest BCUT2D eigenvalue weighted by molar-refractivity contribution is 0.112. The fourth-order valence-electron chi connectivity index (χ4n) is 1.10. The van der Waals surface area contributed by atoms with Gasteiger partial charge in [-0.3, -0.25) is 4.79 Å². The van der Waals surface area contributed by atoms with Crippen LogP contribution in [0.4, 0.5) is 0 Å². The van der Waals surface area contributed by atoms with Gasteiger partial charge in [0.15, 0.2) is 0 Å². The zero-order chi connectivity index (χ0) is 9.14. The van der Waals surface area contributed by atoms with Gasteiger partial charge in [-0.1, -0.05) is 30.1 Å². The van der Waals surface area contributed by atoms with Crippen LogP contribution in [-0.4, -0.2) is 6.29 Å². The van der Waals surface area contributed by atoms with Gasteiger partial charge in [0.2, 0.25) is 0 Å². The summed E-state index contributed by atoms with van der Waals surface area (Å²) in [4.78, 5) is 10.6. The Balaban J connectivity index is 3.33. The van der Waals surface area contributed by atoms with Gasteiger partial charge in [0.25, 0.3) is 0 Å². The minimum absolute atomic E-state index is 0.499. The highest BCUT2D eigenvalue weighted by molar-refractivity contribution is 6.35. The molecule has 0 bridgehead atoms. The summed E-state index contributed by atoms with van der Waals surface area (Å²) in [6.45, 7) is 1.95. The second-order valence-corrected chi connectivity index (χ2v) is 3.27. The molecule has 0 N–H and O–H groups in total. The minimum atomic E-state index is 0.499. The molecular weight excluding hydrogens is 195 g/mol. The van der Waals surface area contributed by atoms with Crippen LogP contribution in [0.5, 0.6) is 0 Å². The van der Waals surface area contributed by atoms with Gasteiger partial charge in [-0.25, -0.2) is 0 Å². The van der Waals surface area contributed by atoms with Gasteiger partial charge in [-0.2, -0.15) is 0 Å². The van der Waals surface area contributed by atoms with Crippen LogP contribution in [0.1, 0.15) is 22.8 Å². The van der Waals surface area contributed by atoms with E-state index in [1.165, 1.54) is 0 Å². The van der Waals surface area contributed by atoms with Crippen molar-refractivity contribution in [2.24, 2.45) is 0 Å². The van der Waals surface area contributed by atoms with Crippen LogP contribution < -0.4 is 0 Å². The molecule has 64 valence electrons. The van der Waals surface area contributed by atoms with Crippen LogP contribution in [0.25, 0.3) is 0 Å². The summed E-state index contributed by atoms with van der Waals surface area (Å²) in [5.74, 6) is 0. The molecule has 0 fully saturated rings. The van der Waals surface area contributed by atoms with Crippen molar-refractivity contribution >= 4 is 29.5 Å². The molecule has 0 aromatic heterocycles. The van der Waals surface area contributed by atoms with Crippen molar-refractivity contribution in [3.63, 3.8) is 0 Å². The molecule has 3 heteroatoms. The Kier molecular flexibility index (Phi) is 3.12. The number of hydrogen-bond acceptors (Lipinski definition) is 1. The molecule has 0 amide bonds. The Morgan fingerprint density at radius 1 is 1.42 bits per heavy atom. The first-order chi connectivity index (χ1) is 5.69. The average molecular weight is 203 g/mol. The van der Waals surface area contributed by atoms with Gasteiger partial charge in [-0.15, -0.1) is 0 Å². The number of halogens is 2. The molecule has 0 spiro atoms. The second-order valence-electron chi connectivity index (χ2n) is 2.43. The topological polar surface area (TPSA) is 17.1 Å². The quantitative estimate of drug-likeness (QED) is 0.673. The van der Waals surface area contributed by atoms with E-state index < -0.39 is 0 Å². The first-order valence-electron chi connectivity index (χ1n) is 3.62. The SMILES string of the molecule is CCc1c(Cl)cc(Cl)cc1C=O. The van der Waals surface area contributed by atoms with E-state index in [9.17, 15) is 4.79 Å². The highest BCUT2D eigenvalue weighted by Crippen LogP contribution is 2.24. The fraction of sp³-hybridized carbons (Fsp3) is 0.222. The minimum Gasteiger partial charge on any atom is -0.298 e. The van der Waals surface area contributed by atoms with Crippen molar-refractivity contribution < 1.29 is 4.79 Å². The van der Waals surface area contributed by atoms with Gasteiger partial charge in [0.1, 0.15) is 6.29 Å². The zero-order valence-electron chi connectivity index (χ0n) is 6.60. The largest absolute Gasteiger partial charge is 0.298 e. The first-order valence-corrected chi connectivity index (χ1v) is 4.37. The lowest BCUT2D eigenvalue weighted by Gasteiger charge is -2.04. The molecule has 0 heterocycles. The van der Waals surface area contributed by atoms with Gasteiger partial charge >= 0.3 is 0 Å². The average Bonchev–Trinajstić information content (AvgIpc) is 2.03. The van der Waals surface area contributed by atoms with Crippen molar-refractivity contribution in [2.75, 3.05) is 0 Å². The summed E-state index contributed by atoms with van der Waals surface area (Å²) in [5.41, 5.74) is 1.44. The van der Waals surface area contributed by atoms with Crippen molar-refractivity contribution in [2.45, 2.75) is 13.3 Å². The Hall–Kier alpha value is -0.530. The van der Waals surface area contributed by atoms with E-state index >= 15 is 0 Å². The molecule has 1 nitrogen and oxygen atoms in total. The summed E-state index contributed by atoms with van der Waals surface area (Å²) in [7, 11) is 0. The molecule has 12 heavy (non-hydrogen) atoms. The van der Waals surface area contributed by atoms with Crippen molar-refractivity contribution in [1.82, 2.24) is 0 Å². The molecule has 0 saturated carbocycles. The lowest BCUT2D eigenvalue weighted by atomic mass is 10.1. The molecule has 0 aliphatic carbocycles. The van der Waals surface area contributed by atoms with Crippen molar-refractivity contribution in [3.8, 4) is 0 Å². The molecule has 0 radical (unpaired) electrons. The van der Waals surface area contributed by atoms with E-state index in [1.54, 1.807) is 12.1 Å². The predicted molar refractivity (Wildman–Crippen MR) is 51.2 cm³/mol. The van der Waals surface area contributed by atoms with E-state index in [-0.39, 0.29) is 0 Å². The van der Waals surface area contributed by atoms with Crippen LogP contribution in [0, 0.1) is 0 Å². The van der Waals surface area contributed by atoms with Crippen LogP contribution in [0.15, 0.2) is 12.1 Å². The smallest absolute Gasteiger partial charge is 0.150 e. The standard InChI is InChI=1S/C9H8Cl2O/c1-2-8-6(5-12)3-7(10)4-9(8)11/h3-5H,2H2,1H3. The third-order valence-electron chi connectivity index (χ3n) is 1.68. The monoisotopic (exact) mass is 202 g/mol. The summed E-state index contributed by atoms with van der Waals surface area (Å²) < 4.78 is 0. The summed E-state index contributed by atoms with van der Waals surface area (Å²) in [5, 5.41) is 1.06. The number of hydrogen-bond donors (Lipinski definition) is 0. The van der Waals surface area contributed by atoms with Gasteiger partial charge in [0, 0.05) is 15.6 Å². The molecule has 0 unspecified atom stereocenters. The van der Waals surface area contributed by atoms with Crippen molar-refractivity contribution in [1.29, 1.82) is 0 Å². The predicted octanol–water partition coefficient (Wildman–Crippen LogP) is 3.37. The van der Waals surface area contributed by atoms with Crippen LogP contribution in [-0.2, 0) is 6.42 Å². The maximum atomic E-state index is 10.6. The molecule has 0 atom stereocenters. The normalized spacial score (nSPS) is 9.92. The molecule has 0 aliphatic heterocycles. The highest BCUT2D eigenvalue weighted by atomic mass is 35.5. The highest BCUT2D eigenvalue weighted by Gasteiger charge is 2.05. The Morgan fingerprint density at radius 3 is 2.58 bits per heavy atom. The van der Waals surface area contributed by atoms with E-state index in [4.69, 9.17) is 23.2 Å². The lowest BCUT2D eigenvalue weighted by Crippen LogP contribution is -1.91. The maximum absolute atomic E-state index is 10.6. The van der Waals surface area contributed by atoms with E-state index in [0.29, 0.717) is 15.6 Å². The number of benzene rings is 1. The van der Waals surface area contributed by atoms with E-state index in [1.807, 2.05) is 6.92 Å². The fourth-order valence-corrected chi connectivity index (χ4v) is 1.74. The molecule has 0 aliphatic rings. The zero-order valence-corrected chi connectivity index (χ0v) is 8.12. The number of aldehydes is 1. The number of rotatable bonds is 2. The maximum Gasteiger partial charge on any atom is 0.150 e. The van der Waals surface area contributed by atoms with Crippen molar-refractivity contribution in [3.05, 3.63) is 33.3 Å². The van der Waals surface area contributed by atoms with Crippen LogP contribution in [0.2, 0.25) is 10.0 Å². The van der Waals surface area contributed by atoms with Crippen LogP contribution in [0.3, 0.4) is 0 Å².